The van der Waals surface area contributed by atoms with Crippen LogP contribution >= 0.6 is 7.75 Å². The van der Waals surface area contributed by atoms with Crippen molar-refractivity contribution in [3.05, 3.63) is 63.4 Å². The number of benzene rings is 1. The summed E-state index contributed by atoms with van der Waals surface area (Å²) < 4.78 is 37.1. The Hall–Kier alpha value is -2.80. The van der Waals surface area contributed by atoms with E-state index < -0.39 is 61.6 Å². The zero-order valence-corrected chi connectivity index (χ0v) is 22.8. The van der Waals surface area contributed by atoms with Crippen LogP contribution in [-0.4, -0.2) is 57.6 Å². The maximum Gasteiger partial charge on any atom is 0.459 e. The van der Waals surface area contributed by atoms with Crippen molar-refractivity contribution >= 4 is 13.7 Å². The molecule has 0 spiro atoms. The summed E-state index contributed by atoms with van der Waals surface area (Å²) in [5.74, 6) is -0.461. The first kappa shape index (κ1) is 29.8. The highest BCUT2D eigenvalue weighted by atomic mass is 31.2. The molecule has 1 aromatic heterocycles. The first-order valence-electron chi connectivity index (χ1n) is 12.0. The van der Waals surface area contributed by atoms with Crippen molar-refractivity contribution in [3.8, 4) is 5.75 Å². The highest BCUT2D eigenvalue weighted by Crippen LogP contribution is 2.46. The van der Waals surface area contributed by atoms with Gasteiger partial charge in [0.2, 0.25) is 0 Å². The summed E-state index contributed by atoms with van der Waals surface area (Å²) in [5, 5.41) is 13.4. The molecule has 2 aromatic rings. The largest absolute Gasteiger partial charge is 0.464 e. The summed E-state index contributed by atoms with van der Waals surface area (Å²) in [6.45, 7) is 8.28. The Balaban J connectivity index is 1.78. The van der Waals surface area contributed by atoms with Gasteiger partial charge >= 0.3 is 19.4 Å². The molecule has 1 saturated heterocycles. The van der Waals surface area contributed by atoms with E-state index in [2.05, 4.69) is 10.1 Å². The first-order valence-corrected chi connectivity index (χ1v) is 13.5. The molecule has 6 atom stereocenters. The number of nitrogens with zero attached hydrogens (tertiary/aromatic N) is 1. The third-order valence-corrected chi connectivity index (χ3v) is 7.30. The number of rotatable bonds is 10. The second-order valence-electron chi connectivity index (χ2n) is 10.6. The Morgan fingerprint density at radius 2 is 1.95 bits per heavy atom. The quantitative estimate of drug-likeness (QED) is 0.245. The standard InChI is InChI=1S/C24H35N4O9P/c1-15(20(31)34-14-23(2,3)4)27-38(33,37-16-9-7-6-8-10-16)35-13-17-19(30)24(5,25)21(36-17)28-12-11-18(29)26-22(28)32/h6-12,15,17,19,21,30H,13-14,25H2,1-5H3,(H,27,33)(H,26,29,32)/t15-,17+,19+,21+,24+,38?/m0/s1. The second-order valence-corrected chi connectivity index (χ2v) is 12.3. The van der Waals surface area contributed by atoms with Gasteiger partial charge in [-0.3, -0.25) is 23.7 Å². The molecule has 1 aliphatic heterocycles. The number of carbonyl (C=O) groups excluding carboxylic acids is 1. The molecule has 1 fully saturated rings. The van der Waals surface area contributed by atoms with E-state index in [-0.39, 0.29) is 17.8 Å². The lowest BCUT2D eigenvalue weighted by Crippen LogP contribution is -2.53. The molecular formula is C24H35N4O9P. The van der Waals surface area contributed by atoms with Crippen molar-refractivity contribution in [2.24, 2.45) is 11.1 Å². The van der Waals surface area contributed by atoms with E-state index in [1.54, 1.807) is 30.3 Å². The van der Waals surface area contributed by atoms with Crippen LogP contribution in [0.1, 0.15) is 40.8 Å². The number of esters is 1. The van der Waals surface area contributed by atoms with E-state index in [4.69, 9.17) is 24.3 Å². The Morgan fingerprint density at radius 3 is 2.55 bits per heavy atom. The number of H-pyrrole nitrogens is 1. The molecule has 1 aromatic carbocycles. The molecule has 210 valence electrons. The van der Waals surface area contributed by atoms with Crippen molar-refractivity contribution in [1.29, 1.82) is 0 Å². The molecule has 0 aliphatic carbocycles. The first-order chi connectivity index (χ1) is 17.6. The molecule has 3 rings (SSSR count). The van der Waals surface area contributed by atoms with Crippen LogP contribution in [0.15, 0.2) is 52.2 Å². The monoisotopic (exact) mass is 554 g/mol. The van der Waals surface area contributed by atoms with Gasteiger partial charge in [0.15, 0.2) is 6.23 Å². The average molecular weight is 555 g/mol. The van der Waals surface area contributed by atoms with Crippen LogP contribution in [0.2, 0.25) is 0 Å². The molecule has 0 radical (unpaired) electrons. The predicted molar refractivity (Wildman–Crippen MR) is 137 cm³/mol. The molecule has 0 saturated carbocycles. The molecular weight excluding hydrogens is 519 g/mol. The smallest absolute Gasteiger partial charge is 0.459 e. The van der Waals surface area contributed by atoms with Crippen LogP contribution in [0, 0.1) is 5.41 Å². The van der Waals surface area contributed by atoms with Gasteiger partial charge in [0, 0.05) is 12.3 Å². The number of aliphatic hydroxyl groups is 1. The lowest BCUT2D eigenvalue weighted by atomic mass is 9.93. The fourth-order valence-corrected chi connectivity index (χ4v) is 5.13. The topological polar surface area (TPSA) is 184 Å². The number of hydrogen-bond acceptors (Lipinski definition) is 10. The van der Waals surface area contributed by atoms with Gasteiger partial charge in [0.05, 0.1) is 18.8 Å². The van der Waals surface area contributed by atoms with E-state index in [0.29, 0.717) is 0 Å². The maximum atomic E-state index is 13.7. The number of nitrogens with two attached hydrogens (primary N) is 1. The van der Waals surface area contributed by atoms with Gasteiger partial charge in [0.1, 0.15) is 24.0 Å². The molecule has 14 heteroatoms. The predicted octanol–water partition coefficient (Wildman–Crippen LogP) is 1.28. The summed E-state index contributed by atoms with van der Waals surface area (Å²) in [4.78, 5) is 38.4. The van der Waals surface area contributed by atoms with Crippen molar-refractivity contribution in [2.75, 3.05) is 13.2 Å². The summed E-state index contributed by atoms with van der Waals surface area (Å²) in [7, 11) is -4.24. The minimum absolute atomic E-state index is 0.144. The van der Waals surface area contributed by atoms with Gasteiger partial charge in [-0.25, -0.2) is 9.36 Å². The number of aromatic amines is 1. The highest BCUT2D eigenvalue weighted by molar-refractivity contribution is 7.52. The van der Waals surface area contributed by atoms with Gasteiger partial charge in [0.25, 0.3) is 5.56 Å². The summed E-state index contributed by atoms with van der Waals surface area (Å²) in [6.07, 6.45) is -2.50. The lowest BCUT2D eigenvalue weighted by Gasteiger charge is -2.28. The Morgan fingerprint density at radius 1 is 1.29 bits per heavy atom. The van der Waals surface area contributed by atoms with Crippen molar-refractivity contribution < 1.29 is 33.0 Å². The van der Waals surface area contributed by atoms with Crippen LogP contribution in [-0.2, 0) is 23.4 Å². The molecule has 13 nitrogen and oxygen atoms in total. The van der Waals surface area contributed by atoms with Crippen LogP contribution in [0.3, 0.4) is 0 Å². The fourth-order valence-electron chi connectivity index (χ4n) is 3.63. The maximum absolute atomic E-state index is 13.7. The number of hydrogen-bond donors (Lipinski definition) is 4. The third-order valence-electron chi connectivity index (χ3n) is 5.66. The molecule has 1 unspecified atom stereocenters. The zero-order valence-electron chi connectivity index (χ0n) is 22.0. The summed E-state index contributed by atoms with van der Waals surface area (Å²) in [5.41, 5.74) is 3.14. The van der Waals surface area contributed by atoms with Crippen LogP contribution in [0.4, 0.5) is 0 Å². The van der Waals surface area contributed by atoms with E-state index in [9.17, 15) is 24.1 Å². The van der Waals surface area contributed by atoms with Crippen molar-refractivity contribution in [1.82, 2.24) is 14.6 Å². The molecule has 2 heterocycles. The minimum atomic E-state index is -4.24. The van der Waals surface area contributed by atoms with Gasteiger partial charge in [-0.15, -0.1) is 0 Å². The Labute approximate surface area is 219 Å². The highest BCUT2D eigenvalue weighted by Gasteiger charge is 2.52. The molecule has 5 N–H and O–H groups in total. The lowest BCUT2D eigenvalue weighted by molar-refractivity contribution is -0.148. The van der Waals surface area contributed by atoms with Crippen molar-refractivity contribution in [2.45, 2.75) is 64.6 Å². The second kappa shape index (κ2) is 11.5. The summed E-state index contributed by atoms with van der Waals surface area (Å²) in [6, 6.07) is 8.21. The van der Waals surface area contributed by atoms with Crippen molar-refractivity contribution in [3.63, 3.8) is 0 Å². The number of aromatic nitrogens is 2. The number of nitrogens with one attached hydrogen (secondary N) is 2. The molecule has 0 amide bonds. The van der Waals surface area contributed by atoms with E-state index in [1.165, 1.54) is 20.0 Å². The SMILES string of the molecule is C[C@H](NP(=O)(OC[C@H]1O[C@@H](n2ccc(=O)[nH]c2=O)[C@](C)(N)[C@@H]1O)Oc1ccccc1)C(=O)OCC(C)(C)C. The summed E-state index contributed by atoms with van der Waals surface area (Å²) >= 11 is 0. The minimum Gasteiger partial charge on any atom is -0.464 e. The van der Waals surface area contributed by atoms with Crippen LogP contribution in [0.25, 0.3) is 0 Å². The van der Waals surface area contributed by atoms with Crippen LogP contribution < -0.4 is 26.6 Å². The molecule has 0 bridgehead atoms. The molecule has 38 heavy (non-hydrogen) atoms. The third kappa shape index (κ3) is 7.40. The average Bonchev–Trinajstić information content (AvgIpc) is 3.04. The van der Waals surface area contributed by atoms with E-state index in [1.807, 2.05) is 20.8 Å². The van der Waals surface area contributed by atoms with Gasteiger partial charge < -0.3 is 24.8 Å². The fraction of sp³-hybridized carbons (Fsp3) is 0.542. The Kier molecular flexibility index (Phi) is 9.02. The number of para-hydroxylation sites is 1. The van der Waals surface area contributed by atoms with Gasteiger partial charge in [-0.1, -0.05) is 39.0 Å². The van der Waals surface area contributed by atoms with Gasteiger partial charge in [-0.05, 0) is 31.4 Å². The van der Waals surface area contributed by atoms with Crippen LogP contribution in [0.5, 0.6) is 5.75 Å². The molecule has 1 aliphatic rings. The number of ether oxygens (including phenoxy) is 2. The zero-order chi connectivity index (χ0) is 28.3. The number of aliphatic hydroxyl groups excluding tert-OH is 1. The van der Waals surface area contributed by atoms with Gasteiger partial charge in [-0.2, -0.15) is 5.09 Å². The number of carbonyl (C=O) groups is 1. The van der Waals surface area contributed by atoms with E-state index >= 15 is 0 Å². The normalized spacial score (nSPS) is 25.9. The van der Waals surface area contributed by atoms with E-state index in [0.717, 1.165) is 10.6 Å². The Bertz CT molecular complexity index is 1270.